The molecule has 1 aliphatic rings. The number of aromatic nitrogens is 1. The average molecular weight is 372 g/mol. The van der Waals surface area contributed by atoms with Crippen LogP contribution in [0.25, 0.3) is 0 Å². The lowest BCUT2D eigenvalue weighted by Crippen LogP contribution is -2.56. The molecule has 0 aliphatic carbocycles. The van der Waals surface area contributed by atoms with E-state index in [0.29, 0.717) is 11.8 Å². The molecule has 0 amide bonds. The van der Waals surface area contributed by atoms with Gasteiger partial charge < -0.3 is 9.67 Å². The van der Waals surface area contributed by atoms with Crippen molar-refractivity contribution in [3.63, 3.8) is 0 Å². The van der Waals surface area contributed by atoms with E-state index in [4.69, 9.17) is 5.11 Å². The second-order valence-electron chi connectivity index (χ2n) is 7.97. The van der Waals surface area contributed by atoms with Gasteiger partial charge in [-0.25, -0.2) is 17.9 Å². The van der Waals surface area contributed by atoms with Crippen molar-refractivity contribution in [3.05, 3.63) is 18.0 Å². The van der Waals surface area contributed by atoms with E-state index in [9.17, 15) is 13.2 Å². The summed E-state index contributed by atoms with van der Waals surface area (Å²) >= 11 is 0. The van der Waals surface area contributed by atoms with Crippen LogP contribution in [0.15, 0.2) is 17.2 Å². The standard InChI is InChI=1S/C17H29N3O4S/c1-12-6-13(2)9-20(8-12)17(3,4)11-18-25(23,24)14-7-15(16(21)22)19(5)10-14/h7,10,12-13,18H,6,8-9,11H2,1-5H3,(H,21,22). The first kappa shape index (κ1) is 19.9. The highest BCUT2D eigenvalue weighted by atomic mass is 32.2. The van der Waals surface area contributed by atoms with Gasteiger partial charge in [0.05, 0.1) is 0 Å². The van der Waals surface area contributed by atoms with Crippen molar-refractivity contribution in [1.29, 1.82) is 0 Å². The number of piperidine rings is 1. The molecular weight excluding hydrogens is 342 g/mol. The summed E-state index contributed by atoms with van der Waals surface area (Å²) in [5, 5.41) is 9.08. The summed E-state index contributed by atoms with van der Waals surface area (Å²) < 4.78 is 29.0. The van der Waals surface area contributed by atoms with Crippen LogP contribution >= 0.6 is 0 Å². The maximum Gasteiger partial charge on any atom is 0.352 e. The van der Waals surface area contributed by atoms with Gasteiger partial charge in [0, 0.05) is 38.4 Å². The molecule has 0 spiro atoms. The van der Waals surface area contributed by atoms with Crippen molar-refractivity contribution in [2.24, 2.45) is 18.9 Å². The molecule has 7 nitrogen and oxygen atoms in total. The monoisotopic (exact) mass is 371 g/mol. The Hall–Kier alpha value is -1.38. The zero-order valence-electron chi connectivity index (χ0n) is 15.6. The van der Waals surface area contributed by atoms with Crippen molar-refractivity contribution in [1.82, 2.24) is 14.2 Å². The molecule has 1 saturated heterocycles. The van der Waals surface area contributed by atoms with E-state index in [0.717, 1.165) is 13.1 Å². The second kappa shape index (κ2) is 7.09. The minimum Gasteiger partial charge on any atom is -0.477 e. The molecule has 1 aromatic heterocycles. The minimum absolute atomic E-state index is 0.0245. The summed E-state index contributed by atoms with van der Waals surface area (Å²) in [4.78, 5) is 13.4. The number of hydrogen-bond donors (Lipinski definition) is 2. The van der Waals surface area contributed by atoms with Crippen LogP contribution < -0.4 is 4.72 Å². The van der Waals surface area contributed by atoms with Gasteiger partial charge >= 0.3 is 5.97 Å². The number of likely N-dealkylation sites (tertiary alicyclic amines) is 1. The number of aryl methyl sites for hydroxylation is 1. The van der Waals surface area contributed by atoms with E-state index in [1.807, 2.05) is 13.8 Å². The Balaban J connectivity index is 2.10. The first-order valence-electron chi connectivity index (χ1n) is 8.57. The predicted octanol–water partition coefficient (Wildman–Crippen LogP) is 1.76. The van der Waals surface area contributed by atoms with Crippen LogP contribution in [-0.4, -0.2) is 54.1 Å². The van der Waals surface area contributed by atoms with Gasteiger partial charge in [-0.2, -0.15) is 0 Å². The van der Waals surface area contributed by atoms with Gasteiger partial charge in [0.25, 0.3) is 0 Å². The van der Waals surface area contributed by atoms with E-state index in [2.05, 4.69) is 23.5 Å². The topological polar surface area (TPSA) is 91.6 Å². The molecule has 0 bridgehead atoms. The van der Waals surface area contributed by atoms with Gasteiger partial charge in [0.2, 0.25) is 10.0 Å². The third kappa shape index (κ3) is 4.62. The average Bonchev–Trinajstić information content (AvgIpc) is 2.87. The number of nitrogens with one attached hydrogen (secondary N) is 1. The molecule has 1 fully saturated rings. The fourth-order valence-corrected chi connectivity index (χ4v) is 4.79. The van der Waals surface area contributed by atoms with Crippen LogP contribution in [0.4, 0.5) is 0 Å². The predicted molar refractivity (Wildman–Crippen MR) is 96.2 cm³/mol. The van der Waals surface area contributed by atoms with Crippen molar-refractivity contribution in [2.45, 2.75) is 44.6 Å². The number of nitrogens with zero attached hydrogens (tertiary/aromatic N) is 2. The molecule has 0 aromatic carbocycles. The molecule has 142 valence electrons. The number of carbonyl (C=O) groups is 1. The van der Waals surface area contributed by atoms with E-state index in [1.54, 1.807) is 0 Å². The van der Waals surface area contributed by atoms with Crippen molar-refractivity contribution < 1.29 is 18.3 Å². The normalized spacial score (nSPS) is 22.9. The summed E-state index contributed by atoms with van der Waals surface area (Å²) in [5.74, 6) is 0.0272. The fraction of sp³-hybridized carbons (Fsp3) is 0.706. The molecule has 25 heavy (non-hydrogen) atoms. The van der Waals surface area contributed by atoms with Crippen LogP contribution in [-0.2, 0) is 17.1 Å². The summed E-state index contributed by atoms with van der Waals surface area (Å²) in [6, 6.07) is 1.18. The van der Waals surface area contributed by atoms with E-state index >= 15 is 0 Å². The summed E-state index contributed by atoms with van der Waals surface area (Å²) in [6.45, 7) is 10.7. The number of rotatable bonds is 6. The van der Waals surface area contributed by atoms with Gasteiger partial charge in [-0.1, -0.05) is 13.8 Å². The van der Waals surface area contributed by atoms with Crippen molar-refractivity contribution in [2.75, 3.05) is 19.6 Å². The minimum atomic E-state index is -3.76. The first-order valence-corrected chi connectivity index (χ1v) is 10.0. The Labute approximate surface area is 150 Å². The lowest BCUT2D eigenvalue weighted by molar-refractivity contribution is 0.0489. The summed E-state index contributed by atoms with van der Waals surface area (Å²) in [6.07, 6.45) is 2.52. The van der Waals surface area contributed by atoms with Gasteiger partial charge in [-0.05, 0) is 38.2 Å². The molecule has 0 saturated carbocycles. The van der Waals surface area contributed by atoms with Crippen molar-refractivity contribution >= 4 is 16.0 Å². The van der Waals surface area contributed by atoms with Crippen LogP contribution in [0.1, 0.15) is 44.6 Å². The Morgan fingerprint density at radius 2 is 1.88 bits per heavy atom. The third-order valence-corrected chi connectivity index (χ3v) is 6.30. The zero-order valence-corrected chi connectivity index (χ0v) is 16.4. The Kier molecular flexibility index (Phi) is 5.65. The van der Waals surface area contributed by atoms with E-state index in [-0.39, 0.29) is 22.7 Å². The molecule has 2 heterocycles. The highest BCUT2D eigenvalue weighted by Gasteiger charge is 2.34. The number of carboxylic acid groups (broad SMARTS) is 1. The molecule has 2 N–H and O–H groups in total. The van der Waals surface area contributed by atoms with Crippen LogP contribution in [0, 0.1) is 11.8 Å². The van der Waals surface area contributed by atoms with Crippen LogP contribution in [0.2, 0.25) is 0 Å². The van der Waals surface area contributed by atoms with Crippen LogP contribution in [0.3, 0.4) is 0 Å². The van der Waals surface area contributed by atoms with Gasteiger partial charge in [-0.15, -0.1) is 0 Å². The number of carboxylic acids is 1. The Bertz CT molecular complexity index is 729. The summed E-state index contributed by atoms with van der Waals surface area (Å²) in [7, 11) is -2.24. The number of hydrogen-bond acceptors (Lipinski definition) is 4. The van der Waals surface area contributed by atoms with Crippen molar-refractivity contribution in [3.8, 4) is 0 Å². The van der Waals surface area contributed by atoms with Gasteiger partial charge in [0.1, 0.15) is 10.6 Å². The first-order chi connectivity index (χ1) is 11.4. The molecular formula is C17H29N3O4S. The van der Waals surface area contributed by atoms with Gasteiger partial charge in [0.15, 0.2) is 0 Å². The lowest BCUT2D eigenvalue weighted by Gasteiger charge is -2.45. The Morgan fingerprint density at radius 3 is 2.36 bits per heavy atom. The maximum atomic E-state index is 12.5. The molecule has 0 radical (unpaired) electrons. The Morgan fingerprint density at radius 1 is 1.32 bits per heavy atom. The molecule has 8 heteroatoms. The summed E-state index contributed by atoms with van der Waals surface area (Å²) in [5.41, 5.74) is -0.376. The number of sulfonamides is 1. The second-order valence-corrected chi connectivity index (χ2v) is 9.73. The maximum absolute atomic E-state index is 12.5. The van der Waals surface area contributed by atoms with E-state index < -0.39 is 16.0 Å². The largest absolute Gasteiger partial charge is 0.477 e. The highest BCUT2D eigenvalue weighted by molar-refractivity contribution is 7.89. The SMILES string of the molecule is CC1CC(C)CN(C(C)(C)CNS(=O)(=O)c2cc(C(=O)O)n(C)c2)C1. The fourth-order valence-electron chi connectivity index (χ4n) is 3.52. The van der Waals surface area contributed by atoms with E-state index in [1.165, 1.54) is 30.3 Å². The zero-order chi connectivity index (χ0) is 19.0. The molecule has 2 atom stereocenters. The highest BCUT2D eigenvalue weighted by Crippen LogP contribution is 2.27. The molecule has 1 aromatic rings. The smallest absolute Gasteiger partial charge is 0.352 e. The van der Waals surface area contributed by atoms with Crippen LogP contribution in [0.5, 0.6) is 0 Å². The lowest BCUT2D eigenvalue weighted by atomic mass is 9.88. The molecule has 1 aliphatic heterocycles. The third-order valence-electron chi connectivity index (χ3n) is 4.93. The quantitative estimate of drug-likeness (QED) is 0.795. The van der Waals surface area contributed by atoms with Gasteiger partial charge in [-0.3, -0.25) is 4.90 Å². The molecule has 2 unspecified atom stereocenters. The number of aromatic carboxylic acids is 1. The molecule has 2 rings (SSSR count).